The first-order valence-electron chi connectivity index (χ1n) is 7.93. The summed E-state index contributed by atoms with van der Waals surface area (Å²) in [6.45, 7) is 2.03. The Balaban J connectivity index is 1.47. The zero-order chi connectivity index (χ0) is 14.5. The van der Waals surface area contributed by atoms with Crippen molar-refractivity contribution in [3.63, 3.8) is 0 Å². The molecule has 4 rings (SSSR count). The van der Waals surface area contributed by atoms with Gasteiger partial charge in [0.2, 0.25) is 5.91 Å². The van der Waals surface area contributed by atoms with Crippen molar-refractivity contribution in [1.82, 2.24) is 10.6 Å². The average molecular weight is 288 g/mol. The Morgan fingerprint density at radius 3 is 2.57 bits per heavy atom. The van der Waals surface area contributed by atoms with Crippen molar-refractivity contribution in [2.45, 2.75) is 37.6 Å². The minimum atomic E-state index is -0.431. The van der Waals surface area contributed by atoms with Crippen LogP contribution in [-0.4, -0.2) is 19.0 Å². The highest BCUT2D eigenvalue weighted by molar-refractivity contribution is 5.84. The van der Waals surface area contributed by atoms with Gasteiger partial charge < -0.3 is 10.6 Å². The summed E-state index contributed by atoms with van der Waals surface area (Å²) in [7, 11) is 0. The van der Waals surface area contributed by atoms with E-state index in [2.05, 4.69) is 10.6 Å². The molecule has 0 aromatic heterocycles. The molecule has 1 aromatic rings. The molecule has 1 heterocycles. The molecule has 2 saturated carbocycles. The van der Waals surface area contributed by atoms with Gasteiger partial charge in [0, 0.05) is 11.5 Å². The number of rotatable bonds is 3. The Labute approximate surface area is 124 Å². The highest BCUT2D eigenvalue weighted by atomic mass is 19.1. The zero-order valence-electron chi connectivity index (χ0n) is 12.1. The van der Waals surface area contributed by atoms with Gasteiger partial charge in [-0.2, -0.15) is 0 Å². The van der Waals surface area contributed by atoms with E-state index >= 15 is 0 Å². The zero-order valence-corrected chi connectivity index (χ0v) is 12.1. The van der Waals surface area contributed by atoms with Crippen LogP contribution in [0.2, 0.25) is 0 Å². The topological polar surface area (TPSA) is 41.1 Å². The summed E-state index contributed by atoms with van der Waals surface area (Å²) in [5.74, 6) is 0.0733. The van der Waals surface area contributed by atoms with Crippen molar-refractivity contribution in [3.05, 3.63) is 35.6 Å². The molecule has 1 saturated heterocycles. The van der Waals surface area contributed by atoms with Crippen LogP contribution in [0, 0.1) is 17.2 Å². The molecule has 1 amide bonds. The van der Waals surface area contributed by atoms with Gasteiger partial charge in [-0.25, -0.2) is 4.39 Å². The van der Waals surface area contributed by atoms with E-state index in [1.807, 2.05) is 6.07 Å². The van der Waals surface area contributed by atoms with Crippen molar-refractivity contribution in [2.24, 2.45) is 11.3 Å². The molecule has 1 aliphatic heterocycles. The Hall–Kier alpha value is -1.42. The van der Waals surface area contributed by atoms with Crippen LogP contribution in [0.5, 0.6) is 0 Å². The van der Waals surface area contributed by atoms with Crippen LogP contribution in [0.4, 0.5) is 4.39 Å². The highest BCUT2D eigenvalue weighted by Gasteiger charge is 2.59. The minimum absolute atomic E-state index is 0.137. The molecule has 0 bridgehead atoms. The van der Waals surface area contributed by atoms with E-state index < -0.39 is 5.54 Å². The van der Waals surface area contributed by atoms with Crippen molar-refractivity contribution >= 4 is 5.91 Å². The predicted octanol–water partition coefficient (Wildman–Crippen LogP) is 2.32. The standard InChI is InChI=1S/C17H21FN2O/c18-14-4-2-1-3-12(14)17(5-6-17)20-15(21)13-11-16(13)7-9-19-10-8-16/h1-4,13,19H,5-11H2,(H,20,21). The average Bonchev–Trinajstić information content (AvgIpc) is 3.39. The summed E-state index contributed by atoms with van der Waals surface area (Å²) in [5, 5.41) is 6.51. The lowest BCUT2D eigenvalue weighted by Gasteiger charge is -2.24. The van der Waals surface area contributed by atoms with E-state index in [1.54, 1.807) is 12.1 Å². The van der Waals surface area contributed by atoms with Gasteiger partial charge in [-0.05, 0) is 56.7 Å². The van der Waals surface area contributed by atoms with E-state index in [0.29, 0.717) is 5.56 Å². The number of amides is 1. The SMILES string of the molecule is O=C(NC1(c2ccccc2F)CC1)C1CC12CCNCC2. The molecule has 3 fully saturated rings. The maximum absolute atomic E-state index is 14.0. The quantitative estimate of drug-likeness (QED) is 0.896. The van der Waals surface area contributed by atoms with Gasteiger partial charge in [0.1, 0.15) is 5.82 Å². The van der Waals surface area contributed by atoms with E-state index in [1.165, 1.54) is 6.07 Å². The van der Waals surface area contributed by atoms with Gasteiger partial charge in [-0.1, -0.05) is 18.2 Å². The van der Waals surface area contributed by atoms with E-state index in [0.717, 1.165) is 45.2 Å². The molecule has 1 spiro atoms. The summed E-state index contributed by atoms with van der Waals surface area (Å²) in [5.41, 5.74) is 0.457. The van der Waals surface area contributed by atoms with Crippen molar-refractivity contribution in [2.75, 3.05) is 13.1 Å². The van der Waals surface area contributed by atoms with Crippen molar-refractivity contribution in [1.29, 1.82) is 0 Å². The molecule has 0 radical (unpaired) electrons. The molecule has 2 N–H and O–H groups in total. The Kier molecular flexibility index (Phi) is 2.86. The third-order valence-corrected chi connectivity index (χ3v) is 5.61. The summed E-state index contributed by atoms with van der Waals surface area (Å²) >= 11 is 0. The fourth-order valence-electron chi connectivity index (χ4n) is 3.95. The third kappa shape index (κ3) is 2.16. The summed E-state index contributed by atoms with van der Waals surface area (Å²) in [6, 6.07) is 6.82. The first kappa shape index (κ1) is 13.3. The lowest BCUT2D eigenvalue weighted by molar-refractivity contribution is -0.124. The fourth-order valence-corrected chi connectivity index (χ4v) is 3.95. The minimum Gasteiger partial charge on any atom is -0.346 e. The van der Waals surface area contributed by atoms with E-state index in [9.17, 15) is 9.18 Å². The summed E-state index contributed by atoms with van der Waals surface area (Å²) in [6.07, 6.45) is 4.89. The second-order valence-electron chi connectivity index (χ2n) is 6.92. The van der Waals surface area contributed by atoms with Crippen LogP contribution in [-0.2, 0) is 10.3 Å². The Bertz CT molecular complexity index is 576. The third-order valence-electron chi connectivity index (χ3n) is 5.61. The highest BCUT2D eigenvalue weighted by Crippen LogP contribution is 2.59. The van der Waals surface area contributed by atoms with Crippen LogP contribution < -0.4 is 10.6 Å². The normalized spacial score (nSPS) is 28.1. The molecule has 3 aliphatic rings. The van der Waals surface area contributed by atoms with Crippen LogP contribution in [0.15, 0.2) is 24.3 Å². The Morgan fingerprint density at radius 1 is 1.19 bits per heavy atom. The number of halogens is 1. The fraction of sp³-hybridized carbons (Fsp3) is 0.588. The lowest BCUT2D eigenvalue weighted by atomic mass is 9.91. The maximum atomic E-state index is 14.0. The maximum Gasteiger partial charge on any atom is 0.224 e. The first-order valence-corrected chi connectivity index (χ1v) is 7.93. The van der Waals surface area contributed by atoms with Crippen molar-refractivity contribution < 1.29 is 9.18 Å². The van der Waals surface area contributed by atoms with E-state index in [-0.39, 0.29) is 23.1 Å². The van der Waals surface area contributed by atoms with Crippen LogP contribution in [0.25, 0.3) is 0 Å². The molecule has 4 heteroatoms. The number of hydrogen-bond donors (Lipinski definition) is 2. The molecule has 1 unspecified atom stereocenters. The number of piperidine rings is 1. The summed E-state index contributed by atoms with van der Waals surface area (Å²) in [4.78, 5) is 12.6. The molecular weight excluding hydrogens is 267 g/mol. The molecule has 1 aromatic carbocycles. The molecule has 1 atom stereocenters. The molecule has 112 valence electrons. The first-order chi connectivity index (χ1) is 10.2. The van der Waals surface area contributed by atoms with Crippen LogP contribution in [0.3, 0.4) is 0 Å². The smallest absolute Gasteiger partial charge is 0.224 e. The summed E-state index contributed by atoms with van der Waals surface area (Å²) < 4.78 is 14.0. The predicted molar refractivity (Wildman–Crippen MR) is 78.1 cm³/mol. The van der Waals surface area contributed by atoms with Crippen molar-refractivity contribution in [3.8, 4) is 0 Å². The molecule has 21 heavy (non-hydrogen) atoms. The Morgan fingerprint density at radius 2 is 1.90 bits per heavy atom. The number of carbonyl (C=O) groups excluding carboxylic acids is 1. The molecular formula is C17H21FN2O. The van der Waals surface area contributed by atoms with Gasteiger partial charge in [0.05, 0.1) is 5.54 Å². The monoisotopic (exact) mass is 288 g/mol. The molecule has 3 nitrogen and oxygen atoms in total. The number of benzene rings is 1. The van der Waals surface area contributed by atoms with Gasteiger partial charge >= 0.3 is 0 Å². The second-order valence-corrected chi connectivity index (χ2v) is 6.92. The van der Waals surface area contributed by atoms with Crippen LogP contribution in [0.1, 0.15) is 37.7 Å². The number of hydrogen-bond acceptors (Lipinski definition) is 2. The van der Waals surface area contributed by atoms with Gasteiger partial charge in [0.15, 0.2) is 0 Å². The lowest BCUT2D eigenvalue weighted by Crippen LogP contribution is -2.39. The van der Waals surface area contributed by atoms with E-state index in [4.69, 9.17) is 0 Å². The number of nitrogens with one attached hydrogen (secondary N) is 2. The van der Waals surface area contributed by atoms with Gasteiger partial charge in [-0.3, -0.25) is 4.79 Å². The van der Waals surface area contributed by atoms with Crippen LogP contribution >= 0.6 is 0 Å². The molecule has 2 aliphatic carbocycles. The largest absolute Gasteiger partial charge is 0.346 e. The second kappa shape index (κ2) is 4.54. The van der Waals surface area contributed by atoms with Gasteiger partial charge in [-0.15, -0.1) is 0 Å². The number of carbonyl (C=O) groups is 1. The van der Waals surface area contributed by atoms with Gasteiger partial charge in [0.25, 0.3) is 0 Å².